The number of fused-ring (bicyclic) bond motifs is 1. The number of hydrogen-bond acceptors (Lipinski definition) is 6. The van der Waals surface area contributed by atoms with E-state index in [1.54, 1.807) is 42.5 Å². The summed E-state index contributed by atoms with van der Waals surface area (Å²) in [5.41, 5.74) is 4.89. The van der Waals surface area contributed by atoms with Crippen LogP contribution in [0.3, 0.4) is 0 Å². The molecule has 0 radical (unpaired) electrons. The van der Waals surface area contributed by atoms with Crippen molar-refractivity contribution in [2.24, 2.45) is 10.2 Å². The van der Waals surface area contributed by atoms with Crippen molar-refractivity contribution in [2.45, 2.75) is 0 Å². The standard InChI is InChI=1S/C21H19N7O.Ag/c1-28(2)18-10-7-16(8-11-18)24-23-15-5-3-14(4-6-15)21(29)22-17-9-12-19-20(13-17)26-27-25-19;/h3-13H,1-2H3,(H2,22,23,24,25,26,27,29);/q;+1/p-1. The first-order valence-electron chi connectivity index (χ1n) is 8.94. The van der Waals surface area contributed by atoms with Crippen molar-refractivity contribution in [3.05, 3.63) is 77.6 Å². The van der Waals surface area contributed by atoms with E-state index in [0.29, 0.717) is 22.5 Å². The Morgan fingerprint density at radius 3 is 2.10 bits per heavy atom. The van der Waals surface area contributed by atoms with Crippen LogP contribution in [0.15, 0.2) is 77.0 Å². The number of amides is 1. The molecule has 154 valence electrons. The molecule has 1 amide bonds. The number of aromatic nitrogens is 3. The van der Waals surface area contributed by atoms with Crippen molar-refractivity contribution in [1.29, 1.82) is 0 Å². The molecule has 30 heavy (non-hydrogen) atoms. The molecule has 3 aromatic carbocycles. The predicted octanol–water partition coefficient (Wildman–Crippen LogP) is 5.28. The smallest absolute Gasteiger partial charge is 0.623 e. The van der Waals surface area contributed by atoms with E-state index < -0.39 is 0 Å². The van der Waals surface area contributed by atoms with Crippen LogP contribution in [-0.2, 0) is 22.4 Å². The van der Waals surface area contributed by atoms with Gasteiger partial charge in [-0.3, -0.25) is 0 Å². The Hall–Kier alpha value is -3.33. The van der Waals surface area contributed by atoms with Gasteiger partial charge in [-0.15, -0.1) is 5.69 Å². The van der Waals surface area contributed by atoms with Gasteiger partial charge >= 0.3 is 22.4 Å². The molecule has 9 heteroatoms. The van der Waals surface area contributed by atoms with Gasteiger partial charge in [-0.2, -0.15) is 25.6 Å². The molecule has 8 nitrogen and oxygen atoms in total. The first-order chi connectivity index (χ1) is 14.1. The number of anilines is 1. The molecular formula is C21H18AgN7O. The molecule has 0 aliphatic rings. The van der Waals surface area contributed by atoms with Crippen molar-refractivity contribution in [1.82, 2.24) is 15.4 Å². The fourth-order valence-electron chi connectivity index (χ4n) is 2.68. The predicted molar refractivity (Wildman–Crippen MR) is 113 cm³/mol. The summed E-state index contributed by atoms with van der Waals surface area (Å²) < 4.78 is 0. The van der Waals surface area contributed by atoms with Crippen LogP contribution in [0.2, 0.25) is 0 Å². The summed E-state index contributed by atoms with van der Waals surface area (Å²) >= 11 is 0. The van der Waals surface area contributed by atoms with E-state index in [4.69, 9.17) is 0 Å². The van der Waals surface area contributed by atoms with Gasteiger partial charge in [0.2, 0.25) is 0 Å². The Bertz CT molecular complexity index is 1170. The average Bonchev–Trinajstić information content (AvgIpc) is 3.21. The van der Waals surface area contributed by atoms with Gasteiger partial charge in [-0.25, -0.2) is 0 Å². The van der Waals surface area contributed by atoms with Crippen molar-refractivity contribution in [2.75, 3.05) is 19.0 Å². The van der Waals surface area contributed by atoms with Crippen LogP contribution in [0.1, 0.15) is 10.4 Å². The second-order valence-corrected chi connectivity index (χ2v) is 6.57. The molecule has 1 aromatic heterocycles. The molecule has 0 bridgehead atoms. The van der Waals surface area contributed by atoms with Crippen molar-refractivity contribution in [3.8, 4) is 0 Å². The molecule has 0 unspecified atom stereocenters. The monoisotopic (exact) mass is 491 g/mol. The molecule has 0 saturated carbocycles. The van der Waals surface area contributed by atoms with Gasteiger partial charge in [0.05, 0.1) is 17.3 Å². The maximum Gasteiger partial charge on any atom is 1.00 e. The zero-order valence-corrected chi connectivity index (χ0v) is 17.7. The van der Waals surface area contributed by atoms with Crippen LogP contribution in [0.5, 0.6) is 0 Å². The number of nitrogens with zero attached hydrogens (tertiary/aromatic N) is 6. The summed E-state index contributed by atoms with van der Waals surface area (Å²) in [7, 11) is 3.97. The molecule has 0 atom stereocenters. The number of aromatic amines is 1. The van der Waals surface area contributed by atoms with E-state index in [2.05, 4.69) is 31.0 Å². The summed E-state index contributed by atoms with van der Waals surface area (Å²) in [6, 6.07) is 19.8. The Morgan fingerprint density at radius 1 is 0.867 bits per heavy atom. The van der Waals surface area contributed by atoms with Crippen LogP contribution in [0, 0.1) is 0 Å². The zero-order chi connectivity index (χ0) is 20.2. The Kier molecular flexibility index (Phi) is 6.73. The van der Waals surface area contributed by atoms with Gasteiger partial charge in [0.25, 0.3) is 0 Å². The number of hydrogen-bond donors (Lipinski definition) is 1. The van der Waals surface area contributed by atoms with Crippen LogP contribution in [0.4, 0.5) is 22.7 Å². The maximum absolute atomic E-state index is 12.4. The number of rotatable bonds is 5. The normalized spacial score (nSPS) is 10.7. The molecule has 0 fully saturated rings. The van der Waals surface area contributed by atoms with Gasteiger partial charge in [0.1, 0.15) is 11.0 Å². The van der Waals surface area contributed by atoms with E-state index in [9.17, 15) is 4.79 Å². The molecule has 0 aliphatic heterocycles. The van der Waals surface area contributed by atoms with Gasteiger partial charge < -0.3 is 15.0 Å². The number of carbonyl (C=O) groups is 1. The first kappa shape index (κ1) is 21.4. The van der Waals surface area contributed by atoms with Crippen LogP contribution in [0.25, 0.3) is 16.4 Å². The SMILES string of the molecule is CN(C)c1ccc(N=Nc2ccc(C(=O)[N-]c3ccc4n[nH]nc4c3)cc2)cc1.[Ag+]. The van der Waals surface area contributed by atoms with Crippen molar-refractivity contribution < 1.29 is 27.2 Å². The molecular weight excluding hydrogens is 474 g/mol. The van der Waals surface area contributed by atoms with Gasteiger partial charge in [-0.05, 0) is 54.1 Å². The first-order valence-corrected chi connectivity index (χ1v) is 8.94. The summed E-state index contributed by atoms with van der Waals surface area (Å²) in [6.45, 7) is 0. The quantitative estimate of drug-likeness (QED) is 0.303. The third-order valence-electron chi connectivity index (χ3n) is 4.29. The number of carbonyl (C=O) groups excluding carboxylic acids is 1. The number of nitrogens with one attached hydrogen (secondary N) is 1. The third-order valence-corrected chi connectivity index (χ3v) is 4.29. The Labute approximate surface area is 188 Å². The Morgan fingerprint density at radius 2 is 1.47 bits per heavy atom. The summed E-state index contributed by atoms with van der Waals surface area (Å²) in [5, 5.41) is 23.1. The minimum atomic E-state index is -0.337. The Balaban J connectivity index is 0.00000256. The number of benzene rings is 3. The molecule has 4 rings (SSSR count). The van der Waals surface area contributed by atoms with E-state index in [1.807, 2.05) is 43.3 Å². The van der Waals surface area contributed by atoms with E-state index in [1.165, 1.54) is 0 Å². The van der Waals surface area contributed by atoms with Crippen molar-refractivity contribution in [3.63, 3.8) is 0 Å². The minimum absolute atomic E-state index is 0. The van der Waals surface area contributed by atoms with Gasteiger partial charge in [-0.1, -0.05) is 18.2 Å². The fraction of sp³-hybridized carbons (Fsp3) is 0.0952. The average molecular weight is 492 g/mol. The largest absolute Gasteiger partial charge is 1.00 e. The third kappa shape index (κ3) is 4.98. The van der Waals surface area contributed by atoms with Crippen LogP contribution in [-0.4, -0.2) is 35.4 Å². The summed E-state index contributed by atoms with van der Waals surface area (Å²) in [4.78, 5) is 14.4. The summed E-state index contributed by atoms with van der Waals surface area (Å²) in [5.74, 6) is -0.337. The molecule has 0 aliphatic carbocycles. The van der Waals surface area contributed by atoms with Crippen LogP contribution >= 0.6 is 0 Å². The molecule has 4 aromatic rings. The molecule has 1 heterocycles. The summed E-state index contributed by atoms with van der Waals surface area (Å²) in [6.07, 6.45) is 0. The van der Waals surface area contributed by atoms with Crippen molar-refractivity contribution >= 4 is 39.7 Å². The van der Waals surface area contributed by atoms with Crippen LogP contribution < -0.4 is 4.90 Å². The fourth-order valence-corrected chi connectivity index (χ4v) is 2.68. The topological polar surface area (TPSA) is 101 Å². The van der Waals surface area contributed by atoms with Gasteiger partial charge in [0, 0.05) is 19.8 Å². The number of H-pyrrole nitrogens is 1. The second kappa shape index (κ2) is 9.45. The molecule has 0 spiro atoms. The van der Waals surface area contributed by atoms with E-state index in [-0.39, 0.29) is 28.3 Å². The molecule has 0 saturated heterocycles. The van der Waals surface area contributed by atoms with Gasteiger partial charge in [0.15, 0.2) is 0 Å². The maximum atomic E-state index is 12.4. The number of azo groups is 1. The minimum Gasteiger partial charge on any atom is -0.623 e. The molecule has 1 N–H and O–H groups in total. The van der Waals surface area contributed by atoms with E-state index in [0.717, 1.165) is 16.9 Å². The van der Waals surface area contributed by atoms with E-state index >= 15 is 0 Å². The second-order valence-electron chi connectivity index (χ2n) is 6.57. The zero-order valence-electron chi connectivity index (χ0n) is 16.2.